The molecule has 0 unspecified atom stereocenters. The van der Waals surface area contributed by atoms with E-state index in [0.717, 1.165) is 6.07 Å². The molecule has 0 amide bonds. The summed E-state index contributed by atoms with van der Waals surface area (Å²) < 4.78 is 26.1. The Bertz CT molecular complexity index is 1060. The second kappa shape index (κ2) is 7.47. The lowest BCUT2D eigenvalue weighted by Crippen LogP contribution is -2.07. The largest absolute Gasteiger partial charge is 0.492 e. The van der Waals surface area contributed by atoms with Crippen molar-refractivity contribution >= 4 is 44.5 Å². The summed E-state index contributed by atoms with van der Waals surface area (Å²) in [6, 6.07) is 8.53. The molecule has 0 aliphatic rings. The molecule has 0 radical (unpaired) electrons. The van der Waals surface area contributed by atoms with Gasteiger partial charge in [-0.2, -0.15) is 0 Å². The summed E-state index contributed by atoms with van der Waals surface area (Å²) >= 11 is 9.24. The predicted octanol–water partition coefficient (Wildman–Crippen LogP) is 4.87. The Morgan fingerprint density at radius 2 is 2.08 bits per heavy atom. The van der Waals surface area contributed by atoms with Gasteiger partial charge in [0.2, 0.25) is 0 Å². The van der Waals surface area contributed by atoms with Crippen LogP contribution in [0.15, 0.2) is 50.1 Å². The Hall–Kier alpha value is -2.38. The van der Waals surface area contributed by atoms with Gasteiger partial charge in [0, 0.05) is 10.5 Å². The summed E-state index contributed by atoms with van der Waals surface area (Å²) in [5, 5.41) is 9.22. The van der Waals surface area contributed by atoms with Gasteiger partial charge in [-0.05, 0) is 24.3 Å². The maximum absolute atomic E-state index is 14.6. The van der Waals surface area contributed by atoms with Crippen molar-refractivity contribution in [3.63, 3.8) is 0 Å². The number of carboxylic acid groups (broad SMARTS) is 1. The van der Waals surface area contributed by atoms with Gasteiger partial charge < -0.3 is 14.3 Å². The zero-order chi connectivity index (χ0) is 18.8. The summed E-state index contributed by atoms with van der Waals surface area (Å²) in [5.74, 6) is -1.76. The minimum Gasteiger partial charge on any atom is -0.492 e. The lowest BCUT2D eigenvalue weighted by atomic mass is 10.1. The normalized spacial score (nSPS) is 10.9. The van der Waals surface area contributed by atoms with Crippen molar-refractivity contribution in [1.82, 2.24) is 0 Å². The van der Waals surface area contributed by atoms with Gasteiger partial charge in [0.1, 0.15) is 17.3 Å². The van der Waals surface area contributed by atoms with Crippen molar-refractivity contribution in [2.75, 3.05) is 6.61 Å². The molecular weight excluding hydrogens is 431 g/mol. The smallest absolute Gasteiger partial charge is 0.306 e. The Balaban J connectivity index is 2.17. The Morgan fingerprint density at radius 1 is 1.31 bits per heavy atom. The first-order chi connectivity index (χ1) is 12.4. The van der Waals surface area contributed by atoms with E-state index in [9.17, 15) is 14.0 Å². The van der Waals surface area contributed by atoms with E-state index in [0.29, 0.717) is 4.47 Å². The Morgan fingerprint density at radius 3 is 2.81 bits per heavy atom. The number of aliphatic carboxylic acids is 1. The molecule has 5 nitrogen and oxygen atoms in total. The van der Waals surface area contributed by atoms with E-state index >= 15 is 0 Å². The van der Waals surface area contributed by atoms with E-state index < -0.39 is 11.8 Å². The number of hydrogen-bond acceptors (Lipinski definition) is 4. The number of rotatable bonds is 5. The van der Waals surface area contributed by atoms with Crippen LogP contribution in [0.3, 0.4) is 0 Å². The average Bonchev–Trinajstić information content (AvgIpc) is 2.55. The van der Waals surface area contributed by atoms with Gasteiger partial charge in [0.15, 0.2) is 11.0 Å². The van der Waals surface area contributed by atoms with Crippen molar-refractivity contribution in [1.29, 1.82) is 0 Å². The molecule has 3 rings (SSSR count). The SMILES string of the molecule is O=C(O)CCOc1cc(Br)cc(F)c1-c1cc(=O)c2cccc(Cl)c2o1. The van der Waals surface area contributed by atoms with Gasteiger partial charge in [-0.3, -0.25) is 9.59 Å². The predicted molar refractivity (Wildman–Crippen MR) is 98.3 cm³/mol. The molecule has 3 aromatic rings. The minimum absolute atomic E-state index is 0.0488. The highest BCUT2D eigenvalue weighted by atomic mass is 79.9. The number of ether oxygens (including phenoxy) is 1. The summed E-state index contributed by atoms with van der Waals surface area (Å²) in [6.07, 6.45) is -0.263. The van der Waals surface area contributed by atoms with Gasteiger partial charge in [0.25, 0.3) is 0 Å². The van der Waals surface area contributed by atoms with Crippen LogP contribution < -0.4 is 10.2 Å². The van der Waals surface area contributed by atoms with Crippen LogP contribution in [0.4, 0.5) is 4.39 Å². The van der Waals surface area contributed by atoms with E-state index in [1.807, 2.05) is 0 Å². The van der Waals surface area contributed by atoms with E-state index in [-0.39, 0.29) is 51.5 Å². The van der Waals surface area contributed by atoms with Crippen LogP contribution in [0, 0.1) is 5.82 Å². The molecule has 0 fully saturated rings. The van der Waals surface area contributed by atoms with E-state index in [4.69, 9.17) is 25.9 Å². The van der Waals surface area contributed by atoms with Crippen LogP contribution in [-0.2, 0) is 4.79 Å². The Labute approximate surface area is 160 Å². The lowest BCUT2D eigenvalue weighted by Gasteiger charge is -2.13. The first-order valence-electron chi connectivity index (χ1n) is 7.43. The first-order valence-corrected chi connectivity index (χ1v) is 8.60. The fourth-order valence-electron chi connectivity index (χ4n) is 2.42. The second-order valence-electron chi connectivity index (χ2n) is 5.34. The average molecular weight is 442 g/mol. The van der Waals surface area contributed by atoms with Gasteiger partial charge in [-0.15, -0.1) is 0 Å². The first kappa shape index (κ1) is 18.4. The third-order valence-corrected chi connectivity index (χ3v) is 4.30. The molecule has 0 bridgehead atoms. The molecule has 0 saturated heterocycles. The molecule has 26 heavy (non-hydrogen) atoms. The number of carbonyl (C=O) groups is 1. The van der Waals surface area contributed by atoms with Gasteiger partial charge in [-0.25, -0.2) is 4.39 Å². The van der Waals surface area contributed by atoms with Crippen LogP contribution in [0.2, 0.25) is 5.02 Å². The highest BCUT2D eigenvalue weighted by Crippen LogP contribution is 2.37. The van der Waals surface area contributed by atoms with Crippen LogP contribution in [0.1, 0.15) is 6.42 Å². The topological polar surface area (TPSA) is 76.7 Å². The molecule has 0 atom stereocenters. The number of carboxylic acids is 1. The quantitative estimate of drug-likeness (QED) is 0.611. The van der Waals surface area contributed by atoms with E-state index in [1.165, 1.54) is 12.1 Å². The van der Waals surface area contributed by atoms with Crippen molar-refractivity contribution in [2.24, 2.45) is 0 Å². The second-order valence-corrected chi connectivity index (χ2v) is 6.67. The molecule has 0 aliphatic carbocycles. The minimum atomic E-state index is -1.05. The van der Waals surface area contributed by atoms with Crippen LogP contribution in [-0.4, -0.2) is 17.7 Å². The lowest BCUT2D eigenvalue weighted by molar-refractivity contribution is -0.137. The molecule has 2 aromatic carbocycles. The van der Waals surface area contributed by atoms with Gasteiger partial charge in [0.05, 0.1) is 29.0 Å². The number of para-hydroxylation sites is 1. The fraction of sp³-hybridized carbons (Fsp3) is 0.111. The number of fused-ring (bicyclic) bond motifs is 1. The van der Waals surface area contributed by atoms with Crippen LogP contribution in [0.25, 0.3) is 22.3 Å². The Kier molecular flexibility index (Phi) is 5.29. The summed E-state index contributed by atoms with van der Waals surface area (Å²) in [6.45, 7) is -0.170. The van der Waals surface area contributed by atoms with Crippen molar-refractivity contribution < 1.29 is 23.4 Å². The zero-order valence-corrected chi connectivity index (χ0v) is 15.4. The molecule has 1 heterocycles. The van der Waals surface area contributed by atoms with Crippen LogP contribution >= 0.6 is 27.5 Å². The monoisotopic (exact) mass is 440 g/mol. The van der Waals surface area contributed by atoms with Crippen molar-refractivity contribution in [2.45, 2.75) is 6.42 Å². The fourth-order valence-corrected chi connectivity index (χ4v) is 3.04. The standard InChI is InChI=1S/C18H11BrClFO5/c19-9-6-12(21)17(14(7-9)25-5-4-16(23)24)15-8-13(22)10-2-1-3-11(20)18(10)26-15/h1-3,6-8H,4-5H2,(H,23,24). The van der Waals surface area contributed by atoms with Crippen molar-refractivity contribution in [3.05, 3.63) is 61.9 Å². The van der Waals surface area contributed by atoms with E-state index in [2.05, 4.69) is 15.9 Å². The molecule has 0 aliphatic heterocycles. The van der Waals surface area contributed by atoms with E-state index in [1.54, 1.807) is 18.2 Å². The molecule has 0 saturated carbocycles. The third kappa shape index (κ3) is 3.73. The highest BCUT2D eigenvalue weighted by molar-refractivity contribution is 9.10. The maximum atomic E-state index is 14.6. The molecule has 8 heteroatoms. The summed E-state index contributed by atoms with van der Waals surface area (Å²) in [5.41, 5.74) is -0.337. The van der Waals surface area contributed by atoms with Crippen molar-refractivity contribution in [3.8, 4) is 17.1 Å². The maximum Gasteiger partial charge on any atom is 0.306 e. The van der Waals surface area contributed by atoms with Crippen LogP contribution in [0.5, 0.6) is 5.75 Å². The van der Waals surface area contributed by atoms with Gasteiger partial charge in [-0.1, -0.05) is 33.6 Å². The third-order valence-electron chi connectivity index (χ3n) is 3.55. The number of benzene rings is 2. The number of halogens is 3. The van der Waals surface area contributed by atoms with Gasteiger partial charge >= 0.3 is 5.97 Å². The molecule has 0 spiro atoms. The summed E-state index contributed by atoms with van der Waals surface area (Å²) in [7, 11) is 0. The molecule has 134 valence electrons. The highest BCUT2D eigenvalue weighted by Gasteiger charge is 2.19. The molecule has 1 N–H and O–H groups in total. The molecular formula is C18H11BrClFO5. The summed E-state index contributed by atoms with van der Waals surface area (Å²) in [4.78, 5) is 23.0. The zero-order valence-electron chi connectivity index (χ0n) is 13.1. The number of hydrogen-bond donors (Lipinski definition) is 1. The molecule has 1 aromatic heterocycles.